The van der Waals surface area contributed by atoms with Crippen molar-refractivity contribution >= 4 is 11.8 Å². The highest BCUT2D eigenvalue weighted by atomic mass is 32.2. The van der Waals surface area contributed by atoms with Crippen molar-refractivity contribution in [3.05, 3.63) is 25.3 Å². The van der Waals surface area contributed by atoms with Crippen molar-refractivity contribution in [1.29, 1.82) is 0 Å². The van der Waals surface area contributed by atoms with Crippen molar-refractivity contribution in [2.75, 3.05) is 38.5 Å². The average molecular weight is 240 g/mol. The number of nitrogens with one attached hydrogen (secondary N) is 1. The highest BCUT2D eigenvalue weighted by molar-refractivity contribution is 7.99. The van der Waals surface area contributed by atoms with E-state index >= 15 is 0 Å². The van der Waals surface area contributed by atoms with Crippen LogP contribution in [0.2, 0.25) is 0 Å². The first kappa shape index (κ1) is 13.8. The summed E-state index contributed by atoms with van der Waals surface area (Å²) in [6.07, 6.45) is 6.60. The summed E-state index contributed by atoms with van der Waals surface area (Å²) in [5.74, 6) is 1.23. The van der Waals surface area contributed by atoms with E-state index in [1.165, 1.54) is 31.7 Å². The highest BCUT2D eigenvalue weighted by Gasteiger charge is 2.13. The second-order valence-corrected chi connectivity index (χ2v) is 5.57. The van der Waals surface area contributed by atoms with Crippen LogP contribution in [0.15, 0.2) is 25.3 Å². The third-order valence-electron chi connectivity index (χ3n) is 2.82. The fraction of sp³-hybridized carbons (Fsp3) is 0.692. The molecule has 1 aliphatic heterocycles. The lowest BCUT2D eigenvalue weighted by atomic mass is 10.2. The number of nitrogens with zero attached hydrogens (tertiary/aromatic N) is 1. The predicted octanol–water partition coefficient (Wildman–Crippen LogP) is 2.15. The molecule has 1 heterocycles. The van der Waals surface area contributed by atoms with Crippen LogP contribution in [0, 0.1) is 0 Å². The van der Waals surface area contributed by atoms with E-state index in [9.17, 15) is 0 Å². The molecule has 2 nitrogen and oxygen atoms in total. The molecule has 1 fully saturated rings. The molecule has 0 aromatic carbocycles. The molecule has 0 atom stereocenters. The summed E-state index contributed by atoms with van der Waals surface area (Å²) in [4.78, 5) is 2.38. The predicted molar refractivity (Wildman–Crippen MR) is 75.2 cm³/mol. The smallest absolute Gasteiger partial charge is 0.0164 e. The van der Waals surface area contributed by atoms with Gasteiger partial charge in [0.25, 0.3) is 0 Å². The fourth-order valence-electron chi connectivity index (χ4n) is 1.93. The Bertz CT molecular complexity index is 190. The minimum Gasteiger partial charge on any atom is -0.317 e. The van der Waals surface area contributed by atoms with Crippen LogP contribution in [0.4, 0.5) is 0 Å². The molecule has 1 rings (SSSR count). The van der Waals surface area contributed by atoms with Gasteiger partial charge in [0.15, 0.2) is 0 Å². The Labute approximate surface area is 104 Å². The summed E-state index contributed by atoms with van der Waals surface area (Å²) in [6.45, 7) is 13.1. The molecule has 3 heteroatoms. The first-order chi connectivity index (χ1) is 7.86. The van der Waals surface area contributed by atoms with Crippen molar-refractivity contribution < 1.29 is 0 Å². The summed E-state index contributed by atoms with van der Waals surface area (Å²) in [5, 5.41) is 4.28. The SMILES string of the molecule is C=CCN(CC=C)CCSC1CCNCC1. The summed E-state index contributed by atoms with van der Waals surface area (Å²) in [6, 6.07) is 0. The van der Waals surface area contributed by atoms with Gasteiger partial charge in [0, 0.05) is 30.6 Å². The van der Waals surface area contributed by atoms with Crippen molar-refractivity contribution in [2.45, 2.75) is 18.1 Å². The number of piperidine rings is 1. The van der Waals surface area contributed by atoms with Crippen LogP contribution in [-0.4, -0.2) is 48.6 Å². The van der Waals surface area contributed by atoms with E-state index in [4.69, 9.17) is 0 Å². The minimum atomic E-state index is 0.871. The summed E-state index contributed by atoms with van der Waals surface area (Å²) < 4.78 is 0. The maximum absolute atomic E-state index is 3.79. The largest absolute Gasteiger partial charge is 0.317 e. The quantitative estimate of drug-likeness (QED) is 0.655. The molecule has 0 aliphatic carbocycles. The van der Waals surface area contributed by atoms with Gasteiger partial charge in [0.2, 0.25) is 0 Å². The van der Waals surface area contributed by atoms with Crippen molar-refractivity contribution in [3.8, 4) is 0 Å². The Morgan fingerprint density at radius 3 is 2.38 bits per heavy atom. The number of hydrogen-bond donors (Lipinski definition) is 1. The zero-order valence-electron chi connectivity index (χ0n) is 10.2. The van der Waals surface area contributed by atoms with Gasteiger partial charge in [-0.15, -0.1) is 13.2 Å². The van der Waals surface area contributed by atoms with Crippen molar-refractivity contribution in [2.24, 2.45) is 0 Å². The number of hydrogen-bond acceptors (Lipinski definition) is 3. The van der Waals surface area contributed by atoms with E-state index in [0.29, 0.717) is 0 Å². The Hall–Kier alpha value is -0.250. The Morgan fingerprint density at radius 1 is 1.19 bits per heavy atom. The Morgan fingerprint density at radius 2 is 1.81 bits per heavy atom. The molecule has 16 heavy (non-hydrogen) atoms. The second-order valence-electron chi connectivity index (χ2n) is 4.16. The van der Waals surface area contributed by atoms with Gasteiger partial charge in [-0.2, -0.15) is 11.8 Å². The van der Waals surface area contributed by atoms with Crippen LogP contribution in [0.3, 0.4) is 0 Å². The van der Waals surface area contributed by atoms with Gasteiger partial charge < -0.3 is 5.32 Å². The lowest BCUT2D eigenvalue weighted by molar-refractivity contribution is 0.357. The molecule has 0 aromatic rings. The molecule has 92 valence electrons. The van der Waals surface area contributed by atoms with Gasteiger partial charge in [0.05, 0.1) is 0 Å². The fourth-order valence-corrected chi connectivity index (χ4v) is 3.20. The first-order valence-electron chi connectivity index (χ1n) is 6.13. The summed E-state index contributed by atoms with van der Waals surface area (Å²) in [7, 11) is 0. The lowest BCUT2D eigenvalue weighted by Gasteiger charge is -2.24. The summed E-state index contributed by atoms with van der Waals surface area (Å²) >= 11 is 2.13. The van der Waals surface area contributed by atoms with Gasteiger partial charge in [-0.1, -0.05) is 12.2 Å². The van der Waals surface area contributed by atoms with E-state index in [1.54, 1.807) is 0 Å². The zero-order chi connectivity index (χ0) is 11.6. The molecule has 1 aliphatic rings. The van der Waals surface area contributed by atoms with E-state index < -0.39 is 0 Å². The standard InChI is InChI=1S/C13H24N2S/c1-3-9-15(10-4-2)11-12-16-13-5-7-14-8-6-13/h3-4,13-14H,1-2,5-12H2. The van der Waals surface area contributed by atoms with Crippen LogP contribution in [0.5, 0.6) is 0 Å². The normalized spacial score (nSPS) is 17.6. The molecule has 0 amide bonds. The maximum atomic E-state index is 3.79. The Kier molecular flexibility index (Phi) is 7.64. The molecule has 0 radical (unpaired) electrons. The molecule has 0 aromatic heterocycles. The van der Waals surface area contributed by atoms with E-state index in [0.717, 1.165) is 24.9 Å². The van der Waals surface area contributed by atoms with Crippen LogP contribution in [0.1, 0.15) is 12.8 Å². The molecule has 1 saturated heterocycles. The monoisotopic (exact) mass is 240 g/mol. The van der Waals surface area contributed by atoms with Gasteiger partial charge >= 0.3 is 0 Å². The lowest BCUT2D eigenvalue weighted by Crippen LogP contribution is -2.31. The topological polar surface area (TPSA) is 15.3 Å². The highest BCUT2D eigenvalue weighted by Crippen LogP contribution is 2.19. The van der Waals surface area contributed by atoms with Crippen molar-refractivity contribution in [3.63, 3.8) is 0 Å². The first-order valence-corrected chi connectivity index (χ1v) is 7.18. The molecule has 0 bridgehead atoms. The number of rotatable bonds is 8. The van der Waals surface area contributed by atoms with Crippen LogP contribution in [0.25, 0.3) is 0 Å². The van der Waals surface area contributed by atoms with E-state index in [2.05, 4.69) is 35.1 Å². The molecular weight excluding hydrogens is 216 g/mol. The van der Waals surface area contributed by atoms with Crippen LogP contribution in [-0.2, 0) is 0 Å². The van der Waals surface area contributed by atoms with Gasteiger partial charge in [-0.05, 0) is 25.9 Å². The molecule has 0 unspecified atom stereocenters. The molecule has 0 spiro atoms. The molecular formula is C13H24N2S. The van der Waals surface area contributed by atoms with E-state index in [1.807, 2.05) is 12.2 Å². The Balaban J connectivity index is 2.10. The minimum absolute atomic E-state index is 0.871. The number of thioether (sulfide) groups is 1. The zero-order valence-corrected chi connectivity index (χ0v) is 11.0. The summed E-state index contributed by atoms with van der Waals surface area (Å²) in [5.41, 5.74) is 0. The van der Waals surface area contributed by atoms with Crippen LogP contribution >= 0.6 is 11.8 Å². The maximum Gasteiger partial charge on any atom is 0.0164 e. The van der Waals surface area contributed by atoms with Gasteiger partial charge in [-0.3, -0.25) is 4.90 Å². The van der Waals surface area contributed by atoms with Crippen LogP contribution < -0.4 is 5.32 Å². The van der Waals surface area contributed by atoms with E-state index in [-0.39, 0.29) is 0 Å². The van der Waals surface area contributed by atoms with Gasteiger partial charge in [-0.25, -0.2) is 0 Å². The third-order valence-corrected chi connectivity index (χ3v) is 4.18. The van der Waals surface area contributed by atoms with Crippen molar-refractivity contribution in [1.82, 2.24) is 10.2 Å². The molecule has 0 saturated carbocycles. The average Bonchev–Trinajstić information content (AvgIpc) is 2.31. The second kappa shape index (κ2) is 8.85. The van der Waals surface area contributed by atoms with Gasteiger partial charge in [0.1, 0.15) is 0 Å². The third kappa shape index (κ3) is 5.73. The molecule has 1 N–H and O–H groups in total.